The second-order valence-electron chi connectivity index (χ2n) is 6.24. The van der Waals surface area contributed by atoms with Crippen molar-refractivity contribution in [3.8, 4) is 11.5 Å². The fraction of sp³-hybridized carbons (Fsp3) is 0.190. The molecule has 0 saturated carbocycles. The number of nitrogens with one attached hydrogen (secondary N) is 2. The van der Waals surface area contributed by atoms with Gasteiger partial charge in [-0.25, -0.2) is 0 Å². The lowest BCUT2D eigenvalue weighted by atomic mass is 10.1. The number of amides is 1. The molecule has 1 amide bonds. The highest BCUT2D eigenvalue weighted by molar-refractivity contribution is 6.07. The van der Waals surface area contributed by atoms with E-state index in [0.29, 0.717) is 28.7 Å². The minimum absolute atomic E-state index is 0.298. The predicted molar refractivity (Wildman–Crippen MR) is 109 cm³/mol. The second kappa shape index (κ2) is 8.39. The zero-order valence-corrected chi connectivity index (χ0v) is 16.2. The van der Waals surface area contributed by atoms with Crippen LogP contribution in [-0.2, 0) is 0 Å². The van der Waals surface area contributed by atoms with Crippen LogP contribution in [0.3, 0.4) is 0 Å². The number of benzene rings is 2. The number of aromatic nitrogens is 2. The molecule has 0 bridgehead atoms. The van der Waals surface area contributed by atoms with E-state index < -0.39 is 0 Å². The van der Waals surface area contributed by atoms with Crippen LogP contribution < -0.4 is 20.1 Å². The van der Waals surface area contributed by atoms with Crippen LogP contribution in [0.2, 0.25) is 0 Å². The lowest BCUT2D eigenvalue weighted by Crippen LogP contribution is -2.16. The van der Waals surface area contributed by atoms with Crippen LogP contribution in [0.5, 0.6) is 11.5 Å². The summed E-state index contributed by atoms with van der Waals surface area (Å²) in [6, 6.07) is 14.7. The summed E-state index contributed by atoms with van der Waals surface area (Å²) in [5.41, 5.74) is 3.51. The first-order chi connectivity index (χ1) is 13.5. The summed E-state index contributed by atoms with van der Waals surface area (Å²) in [5, 5.41) is 14.2. The molecule has 2 aromatic carbocycles. The quantitative estimate of drug-likeness (QED) is 0.671. The zero-order valence-electron chi connectivity index (χ0n) is 16.2. The summed E-state index contributed by atoms with van der Waals surface area (Å²) in [7, 11) is 3.00. The summed E-state index contributed by atoms with van der Waals surface area (Å²) in [6.45, 7) is 4.05. The zero-order chi connectivity index (χ0) is 20.1. The highest BCUT2D eigenvalue weighted by Gasteiger charge is 2.18. The number of aryl methyl sites for hydroxylation is 2. The molecule has 2 N–H and O–H groups in total. The van der Waals surface area contributed by atoms with Crippen molar-refractivity contribution in [1.82, 2.24) is 10.2 Å². The summed E-state index contributed by atoms with van der Waals surface area (Å²) in [6.07, 6.45) is 0. The number of carbonyl (C=O) groups excluding carboxylic acids is 1. The van der Waals surface area contributed by atoms with Gasteiger partial charge in [0.1, 0.15) is 17.1 Å². The number of anilines is 3. The largest absolute Gasteiger partial charge is 0.496 e. The van der Waals surface area contributed by atoms with E-state index in [2.05, 4.69) is 26.9 Å². The average molecular weight is 378 g/mol. The Kier molecular flexibility index (Phi) is 5.74. The Morgan fingerprint density at radius 1 is 0.893 bits per heavy atom. The molecule has 3 aromatic rings. The third-order valence-corrected chi connectivity index (χ3v) is 4.22. The highest BCUT2D eigenvalue weighted by atomic mass is 16.5. The van der Waals surface area contributed by atoms with Gasteiger partial charge in [-0.2, -0.15) is 0 Å². The van der Waals surface area contributed by atoms with Gasteiger partial charge in [0.05, 0.1) is 14.2 Å². The first-order valence-corrected chi connectivity index (χ1v) is 8.72. The van der Waals surface area contributed by atoms with Gasteiger partial charge in [-0.1, -0.05) is 18.2 Å². The molecule has 28 heavy (non-hydrogen) atoms. The van der Waals surface area contributed by atoms with Gasteiger partial charge in [0.25, 0.3) is 5.91 Å². The summed E-state index contributed by atoms with van der Waals surface area (Å²) >= 11 is 0. The smallest absolute Gasteiger partial charge is 0.264 e. The van der Waals surface area contributed by atoms with E-state index >= 15 is 0 Å². The Balaban J connectivity index is 1.76. The van der Waals surface area contributed by atoms with Crippen molar-refractivity contribution < 1.29 is 14.3 Å². The standard InChI is InChI=1S/C21H22N4O3/c1-13-8-9-14(2)15(12-13)22-18-10-11-19(25-24-18)23-21(26)20-16(27-3)6-5-7-17(20)28-4/h5-12H,1-4H3,(H,22,24)(H,23,25,26). The molecular formula is C21H22N4O3. The monoisotopic (exact) mass is 378 g/mol. The van der Waals surface area contributed by atoms with E-state index in [-0.39, 0.29) is 5.91 Å². The first kappa shape index (κ1) is 19.2. The van der Waals surface area contributed by atoms with Gasteiger partial charge in [-0.3, -0.25) is 4.79 Å². The second-order valence-corrected chi connectivity index (χ2v) is 6.24. The van der Waals surface area contributed by atoms with E-state index in [9.17, 15) is 4.79 Å². The van der Waals surface area contributed by atoms with Crippen LogP contribution in [0.4, 0.5) is 17.3 Å². The first-order valence-electron chi connectivity index (χ1n) is 8.72. The SMILES string of the molecule is COc1cccc(OC)c1C(=O)Nc1ccc(Nc2cc(C)ccc2C)nn1. The average Bonchev–Trinajstić information content (AvgIpc) is 2.71. The number of nitrogens with zero attached hydrogens (tertiary/aromatic N) is 2. The Labute approximate surface area is 163 Å². The third-order valence-electron chi connectivity index (χ3n) is 4.22. The van der Waals surface area contributed by atoms with Crippen LogP contribution in [0.1, 0.15) is 21.5 Å². The fourth-order valence-electron chi connectivity index (χ4n) is 2.73. The lowest BCUT2D eigenvalue weighted by molar-refractivity contribution is 0.102. The summed E-state index contributed by atoms with van der Waals surface area (Å²) in [4.78, 5) is 12.7. The molecule has 0 saturated heterocycles. The Morgan fingerprint density at radius 3 is 2.14 bits per heavy atom. The molecule has 1 heterocycles. The molecule has 0 aliphatic carbocycles. The summed E-state index contributed by atoms with van der Waals surface area (Å²) in [5.74, 6) is 1.35. The van der Waals surface area contributed by atoms with Crippen molar-refractivity contribution in [3.05, 3.63) is 65.2 Å². The lowest BCUT2D eigenvalue weighted by Gasteiger charge is -2.13. The van der Waals surface area contributed by atoms with Gasteiger partial charge >= 0.3 is 0 Å². The number of carbonyl (C=O) groups is 1. The molecule has 0 fully saturated rings. The molecule has 0 aliphatic heterocycles. The van der Waals surface area contributed by atoms with Gasteiger partial charge < -0.3 is 20.1 Å². The molecule has 1 aromatic heterocycles. The van der Waals surface area contributed by atoms with E-state index in [4.69, 9.17) is 9.47 Å². The van der Waals surface area contributed by atoms with Crippen molar-refractivity contribution in [2.24, 2.45) is 0 Å². The van der Waals surface area contributed by atoms with E-state index in [1.165, 1.54) is 14.2 Å². The number of methoxy groups -OCH3 is 2. The number of rotatable bonds is 6. The number of hydrogen-bond acceptors (Lipinski definition) is 6. The molecule has 0 aliphatic rings. The third kappa shape index (κ3) is 4.20. The van der Waals surface area contributed by atoms with Crippen LogP contribution in [0, 0.1) is 13.8 Å². The molecular weight excluding hydrogens is 356 g/mol. The van der Waals surface area contributed by atoms with Gasteiger partial charge in [-0.05, 0) is 55.3 Å². The molecule has 0 radical (unpaired) electrons. The Hall–Kier alpha value is -3.61. The van der Waals surface area contributed by atoms with Crippen LogP contribution in [-0.4, -0.2) is 30.3 Å². The van der Waals surface area contributed by atoms with Gasteiger partial charge in [0, 0.05) is 5.69 Å². The van der Waals surface area contributed by atoms with E-state index in [1.807, 2.05) is 26.0 Å². The molecule has 0 unspecified atom stereocenters. The topological polar surface area (TPSA) is 85.4 Å². The van der Waals surface area contributed by atoms with Crippen molar-refractivity contribution >= 4 is 23.2 Å². The van der Waals surface area contributed by atoms with Gasteiger partial charge in [-0.15, -0.1) is 10.2 Å². The van der Waals surface area contributed by atoms with Crippen molar-refractivity contribution in [3.63, 3.8) is 0 Å². The maximum Gasteiger partial charge on any atom is 0.264 e. The maximum absolute atomic E-state index is 12.7. The number of hydrogen-bond donors (Lipinski definition) is 2. The molecule has 3 rings (SSSR count). The normalized spacial score (nSPS) is 10.3. The fourth-order valence-corrected chi connectivity index (χ4v) is 2.73. The molecule has 144 valence electrons. The minimum atomic E-state index is -0.390. The van der Waals surface area contributed by atoms with Gasteiger partial charge in [0.15, 0.2) is 11.6 Å². The van der Waals surface area contributed by atoms with Crippen molar-refractivity contribution in [1.29, 1.82) is 0 Å². The molecule has 0 spiro atoms. The van der Waals surface area contributed by atoms with Crippen LogP contribution in [0.15, 0.2) is 48.5 Å². The van der Waals surface area contributed by atoms with E-state index in [0.717, 1.165) is 16.8 Å². The van der Waals surface area contributed by atoms with Crippen molar-refractivity contribution in [2.45, 2.75) is 13.8 Å². The van der Waals surface area contributed by atoms with Gasteiger partial charge in [0.2, 0.25) is 0 Å². The Morgan fingerprint density at radius 2 is 1.54 bits per heavy atom. The summed E-state index contributed by atoms with van der Waals surface area (Å²) < 4.78 is 10.5. The van der Waals surface area contributed by atoms with Crippen LogP contribution in [0.25, 0.3) is 0 Å². The Bertz CT molecular complexity index is 965. The highest BCUT2D eigenvalue weighted by Crippen LogP contribution is 2.29. The molecule has 7 heteroatoms. The maximum atomic E-state index is 12.7. The predicted octanol–water partition coefficient (Wildman–Crippen LogP) is 4.11. The molecule has 0 atom stereocenters. The minimum Gasteiger partial charge on any atom is -0.496 e. The number of ether oxygens (including phenoxy) is 2. The van der Waals surface area contributed by atoms with Crippen molar-refractivity contribution in [2.75, 3.05) is 24.9 Å². The molecule has 7 nitrogen and oxygen atoms in total. The van der Waals surface area contributed by atoms with Crippen LogP contribution >= 0.6 is 0 Å². The van der Waals surface area contributed by atoms with E-state index in [1.54, 1.807) is 30.3 Å².